The van der Waals surface area contributed by atoms with E-state index in [1.807, 2.05) is 23.7 Å². The van der Waals surface area contributed by atoms with Gasteiger partial charge in [-0.05, 0) is 41.0 Å². The summed E-state index contributed by atoms with van der Waals surface area (Å²) in [7, 11) is 0. The fourth-order valence-corrected chi connectivity index (χ4v) is 7.71. The van der Waals surface area contributed by atoms with Crippen LogP contribution in [0.3, 0.4) is 0 Å². The maximum absolute atomic E-state index is 4.32. The maximum atomic E-state index is 4.32. The van der Waals surface area contributed by atoms with Crippen molar-refractivity contribution in [1.82, 2.24) is 9.55 Å². The van der Waals surface area contributed by atoms with Crippen molar-refractivity contribution in [3.05, 3.63) is 108 Å². The first-order valence-electron chi connectivity index (χ1n) is 12.1. The van der Waals surface area contributed by atoms with Crippen molar-refractivity contribution < 1.29 is 0 Å². The van der Waals surface area contributed by atoms with Crippen LogP contribution in [-0.4, -0.2) is 9.55 Å². The van der Waals surface area contributed by atoms with Crippen LogP contribution >= 0.6 is 11.3 Å². The van der Waals surface area contributed by atoms with Gasteiger partial charge in [0.15, 0.2) is 0 Å². The number of nitrogens with zero attached hydrogens (tertiary/aromatic N) is 2. The van der Waals surface area contributed by atoms with Crippen LogP contribution in [0.1, 0.15) is 25.0 Å². The van der Waals surface area contributed by atoms with Gasteiger partial charge in [0.25, 0.3) is 0 Å². The van der Waals surface area contributed by atoms with Crippen molar-refractivity contribution >= 4 is 53.3 Å². The largest absolute Gasteiger partial charge is 0.309 e. The van der Waals surface area contributed by atoms with Crippen LogP contribution in [0.25, 0.3) is 58.8 Å². The molecule has 8 rings (SSSR count). The Labute approximate surface area is 207 Å². The molecule has 0 atom stereocenters. The molecular weight excluding hydrogens is 444 g/mol. The molecule has 3 aromatic heterocycles. The highest BCUT2D eigenvalue weighted by Gasteiger charge is 2.40. The SMILES string of the molecule is CC1(C)c2ccccc2-c2c1c1c(c3ccccc3n1-c1ccncc1)c1c2sc2ccccc21. The Bertz CT molecular complexity index is 1970. The Balaban J connectivity index is 1.76. The molecule has 166 valence electrons. The molecule has 7 aromatic rings. The monoisotopic (exact) mass is 466 g/mol. The van der Waals surface area contributed by atoms with E-state index in [1.165, 1.54) is 64.2 Å². The number of hydrogen-bond acceptors (Lipinski definition) is 2. The number of thiophene rings is 1. The number of hydrogen-bond donors (Lipinski definition) is 0. The number of fused-ring (bicyclic) bond motifs is 12. The van der Waals surface area contributed by atoms with Crippen molar-refractivity contribution in [2.24, 2.45) is 0 Å². The van der Waals surface area contributed by atoms with E-state index in [-0.39, 0.29) is 5.41 Å². The van der Waals surface area contributed by atoms with E-state index in [0.29, 0.717) is 0 Å². The molecule has 3 heteroatoms. The molecule has 0 bridgehead atoms. The third kappa shape index (κ3) is 2.32. The standard InChI is InChI=1S/C32H22N2S/c1-32(2)23-12-6-3-9-20(23)28-29(32)30-26(27-22-11-5-8-14-25(22)35-31(27)28)21-10-4-7-13-24(21)34(30)19-15-17-33-18-16-19/h3-18H,1-2H3. The highest BCUT2D eigenvalue weighted by Crippen LogP contribution is 2.58. The van der Waals surface area contributed by atoms with E-state index < -0.39 is 0 Å². The van der Waals surface area contributed by atoms with Gasteiger partial charge in [-0.15, -0.1) is 11.3 Å². The fraction of sp³-hybridized carbons (Fsp3) is 0.0938. The summed E-state index contributed by atoms with van der Waals surface area (Å²) in [6, 6.07) is 31.0. The van der Waals surface area contributed by atoms with Crippen molar-refractivity contribution in [1.29, 1.82) is 0 Å². The lowest BCUT2D eigenvalue weighted by Crippen LogP contribution is -2.16. The Hall–Kier alpha value is -3.95. The number of pyridine rings is 1. The summed E-state index contributed by atoms with van der Waals surface area (Å²) in [5.74, 6) is 0. The van der Waals surface area contributed by atoms with Crippen LogP contribution < -0.4 is 0 Å². The molecule has 0 unspecified atom stereocenters. The van der Waals surface area contributed by atoms with Gasteiger partial charge in [0, 0.05) is 60.0 Å². The van der Waals surface area contributed by atoms with Gasteiger partial charge in [-0.1, -0.05) is 74.5 Å². The topological polar surface area (TPSA) is 17.8 Å². The zero-order valence-electron chi connectivity index (χ0n) is 19.5. The van der Waals surface area contributed by atoms with Crippen LogP contribution in [0.5, 0.6) is 0 Å². The van der Waals surface area contributed by atoms with E-state index in [0.717, 1.165) is 5.69 Å². The summed E-state index contributed by atoms with van der Waals surface area (Å²) < 4.78 is 5.23. The van der Waals surface area contributed by atoms with Crippen LogP contribution in [0, 0.1) is 0 Å². The molecule has 3 heterocycles. The molecule has 0 spiro atoms. The Kier molecular flexibility index (Phi) is 3.64. The first-order valence-corrected chi connectivity index (χ1v) is 12.9. The van der Waals surface area contributed by atoms with Crippen molar-refractivity contribution in [3.63, 3.8) is 0 Å². The third-order valence-electron chi connectivity index (χ3n) is 7.85. The Morgan fingerprint density at radius 2 is 1.46 bits per heavy atom. The summed E-state index contributed by atoms with van der Waals surface area (Å²) >= 11 is 1.94. The molecule has 0 saturated heterocycles. The smallest absolute Gasteiger partial charge is 0.0595 e. The van der Waals surface area contributed by atoms with Gasteiger partial charge >= 0.3 is 0 Å². The second-order valence-electron chi connectivity index (χ2n) is 10.0. The van der Waals surface area contributed by atoms with Gasteiger partial charge in [0.1, 0.15) is 0 Å². The minimum absolute atomic E-state index is 0.117. The van der Waals surface area contributed by atoms with Gasteiger partial charge in [-0.2, -0.15) is 0 Å². The van der Waals surface area contributed by atoms with Gasteiger partial charge in [0.05, 0.1) is 11.0 Å². The molecule has 1 aliphatic rings. The van der Waals surface area contributed by atoms with E-state index >= 15 is 0 Å². The highest BCUT2D eigenvalue weighted by atomic mass is 32.1. The van der Waals surface area contributed by atoms with Gasteiger partial charge in [-0.25, -0.2) is 0 Å². The normalized spacial score (nSPS) is 14.2. The minimum atomic E-state index is -0.117. The second kappa shape index (κ2) is 6.59. The molecule has 4 aromatic carbocycles. The van der Waals surface area contributed by atoms with Gasteiger partial charge in [0.2, 0.25) is 0 Å². The second-order valence-corrected chi connectivity index (χ2v) is 11.1. The molecule has 0 saturated carbocycles. The van der Waals surface area contributed by atoms with Gasteiger partial charge in [-0.3, -0.25) is 4.98 Å². The summed E-state index contributed by atoms with van der Waals surface area (Å²) in [5.41, 5.74) is 9.22. The molecule has 0 radical (unpaired) electrons. The number of rotatable bonds is 1. The Morgan fingerprint density at radius 3 is 2.31 bits per heavy atom. The lowest BCUT2D eigenvalue weighted by Gasteiger charge is -2.24. The molecule has 0 aliphatic heterocycles. The number of para-hydroxylation sites is 1. The number of benzene rings is 4. The average molecular weight is 467 g/mol. The molecule has 1 aliphatic carbocycles. The van der Waals surface area contributed by atoms with Crippen LogP contribution in [-0.2, 0) is 5.41 Å². The molecule has 35 heavy (non-hydrogen) atoms. The van der Waals surface area contributed by atoms with E-state index in [1.54, 1.807) is 0 Å². The maximum Gasteiger partial charge on any atom is 0.0595 e. The summed E-state index contributed by atoms with van der Waals surface area (Å²) in [5, 5.41) is 5.41. The van der Waals surface area contributed by atoms with Crippen LogP contribution in [0.4, 0.5) is 0 Å². The first kappa shape index (κ1) is 19.4. The zero-order chi connectivity index (χ0) is 23.3. The van der Waals surface area contributed by atoms with Gasteiger partial charge < -0.3 is 4.57 Å². The average Bonchev–Trinajstić information content (AvgIpc) is 3.51. The summed E-state index contributed by atoms with van der Waals surface area (Å²) in [6.07, 6.45) is 3.79. The van der Waals surface area contributed by atoms with Crippen molar-refractivity contribution in [3.8, 4) is 16.8 Å². The summed E-state index contributed by atoms with van der Waals surface area (Å²) in [4.78, 5) is 4.32. The molecule has 0 N–H and O–H groups in total. The summed E-state index contributed by atoms with van der Waals surface area (Å²) in [6.45, 7) is 4.79. The van der Waals surface area contributed by atoms with Crippen molar-refractivity contribution in [2.75, 3.05) is 0 Å². The van der Waals surface area contributed by atoms with E-state index in [4.69, 9.17) is 0 Å². The first-order chi connectivity index (χ1) is 17.2. The molecule has 2 nitrogen and oxygen atoms in total. The lowest BCUT2D eigenvalue weighted by molar-refractivity contribution is 0.664. The predicted octanol–water partition coefficient (Wildman–Crippen LogP) is 8.85. The van der Waals surface area contributed by atoms with Crippen LogP contribution in [0.15, 0.2) is 97.3 Å². The Morgan fingerprint density at radius 1 is 0.743 bits per heavy atom. The van der Waals surface area contributed by atoms with Crippen molar-refractivity contribution in [2.45, 2.75) is 19.3 Å². The predicted molar refractivity (Wildman–Crippen MR) is 149 cm³/mol. The molecule has 0 amide bonds. The number of aromatic nitrogens is 2. The highest BCUT2D eigenvalue weighted by molar-refractivity contribution is 7.26. The fourth-order valence-electron chi connectivity index (χ4n) is 6.44. The third-order valence-corrected chi connectivity index (χ3v) is 9.04. The molecule has 0 fully saturated rings. The van der Waals surface area contributed by atoms with Crippen LogP contribution in [0.2, 0.25) is 0 Å². The van der Waals surface area contributed by atoms with E-state index in [9.17, 15) is 0 Å². The lowest BCUT2D eigenvalue weighted by atomic mass is 9.81. The minimum Gasteiger partial charge on any atom is -0.309 e. The molecular formula is C32H22N2S. The quantitative estimate of drug-likeness (QED) is 0.236. The zero-order valence-corrected chi connectivity index (χ0v) is 20.4. The van der Waals surface area contributed by atoms with E-state index in [2.05, 4.69) is 108 Å².